The van der Waals surface area contributed by atoms with Gasteiger partial charge in [-0.15, -0.1) is 0 Å². The minimum atomic E-state index is 0.865. The number of aromatic amines is 1. The van der Waals surface area contributed by atoms with Gasteiger partial charge in [0.2, 0.25) is 0 Å². The van der Waals surface area contributed by atoms with E-state index in [2.05, 4.69) is 49.2 Å². The molecule has 5 rings (SSSR count). The monoisotopic (exact) mass is 337 g/mol. The molecule has 1 N–H and O–H groups in total. The Kier molecular flexibility index (Phi) is 3.25. The van der Waals surface area contributed by atoms with E-state index in [9.17, 15) is 0 Å². The smallest absolute Gasteiger partial charge is 0.137 e. The number of benzene rings is 1. The molecule has 0 spiro atoms. The first-order valence-electron chi connectivity index (χ1n) is 8.40. The lowest BCUT2D eigenvalue weighted by Gasteiger charge is -2.06. The molecule has 5 nitrogen and oxygen atoms in total. The summed E-state index contributed by atoms with van der Waals surface area (Å²) in [5.74, 6) is 0. The average Bonchev–Trinajstić information content (AvgIpc) is 3.11. The molecular formula is C21H15N5. The van der Waals surface area contributed by atoms with Gasteiger partial charge in [-0.3, -0.25) is 15.0 Å². The van der Waals surface area contributed by atoms with Crippen LogP contribution in [0.3, 0.4) is 0 Å². The number of nitrogens with one attached hydrogen (secondary N) is 1. The van der Waals surface area contributed by atoms with Gasteiger partial charge in [0.25, 0.3) is 0 Å². The molecule has 0 aliphatic carbocycles. The third kappa shape index (κ3) is 2.33. The Labute approximate surface area is 149 Å². The van der Waals surface area contributed by atoms with Crippen LogP contribution < -0.4 is 0 Å². The summed E-state index contributed by atoms with van der Waals surface area (Å²) in [5, 5.41) is 1.08. The van der Waals surface area contributed by atoms with Crippen LogP contribution in [0.15, 0.2) is 67.4 Å². The summed E-state index contributed by atoms with van der Waals surface area (Å²) in [4.78, 5) is 21.0. The summed E-state index contributed by atoms with van der Waals surface area (Å²) in [7, 11) is 0. The summed E-state index contributed by atoms with van der Waals surface area (Å²) in [6.45, 7) is 2.01. The quantitative estimate of drug-likeness (QED) is 0.513. The van der Waals surface area contributed by atoms with E-state index in [-0.39, 0.29) is 0 Å². The first-order chi connectivity index (χ1) is 12.8. The molecule has 5 aromatic rings. The van der Waals surface area contributed by atoms with Crippen LogP contribution in [0, 0.1) is 6.92 Å². The largest absolute Gasteiger partial charge is 0.346 e. The van der Waals surface area contributed by atoms with Crippen LogP contribution >= 0.6 is 0 Å². The Bertz CT molecular complexity index is 1260. The second-order valence-corrected chi connectivity index (χ2v) is 6.22. The second kappa shape index (κ2) is 5.74. The highest BCUT2D eigenvalue weighted by Crippen LogP contribution is 2.32. The number of hydrogen-bond donors (Lipinski definition) is 1. The van der Waals surface area contributed by atoms with E-state index in [1.54, 1.807) is 12.4 Å². The highest BCUT2D eigenvalue weighted by Gasteiger charge is 2.11. The molecule has 26 heavy (non-hydrogen) atoms. The lowest BCUT2D eigenvalue weighted by Crippen LogP contribution is -1.88. The number of H-pyrrole nitrogens is 1. The first-order valence-corrected chi connectivity index (χ1v) is 8.40. The van der Waals surface area contributed by atoms with Gasteiger partial charge in [0.15, 0.2) is 0 Å². The maximum atomic E-state index is 4.60. The van der Waals surface area contributed by atoms with Crippen LogP contribution in [0.2, 0.25) is 0 Å². The highest BCUT2D eigenvalue weighted by atomic mass is 14.8. The van der Waals surface area contributed by atoms with Crippen LogP contribution in [-0.4, -0.2) is 24.9 Å². The van der Waals surface area contributed by atoms with Crippen molar-refractivity contribution in [3.8, 4) is 22.3 Å². The number of aryl methyl sites for hydroxylation is 1. The maximum Gasteiger partial charge on any atom is 0.137 e. The molecule has 0 saturated heterocycles. The van der Waals surface area contributed by atoms with Crippen molar-refractivity contribution < 1.29 is 0 Å². The van der Waals surface area contributed by atoms with Gasteiger partial charge in [-0.2, -0.15) is 0 Å². The molecule has 0 aliphatic heterocycles. The maximum absolute atomic E-state index is 4.60. The molecule has 5 heteroatoms. The number of aromatic nitrogens is 5. The highest BCUT2D eigenvalue weighted by molar-refractivity contribution is 5.97. The Morgan fingerprint density at radius 3 is 2.54 bits per heavy atom. The fourth-order valence-electron chi connectivity index (χ4n) is 3.31. The van der Waals surface area contributed by atoms with E-state index in [4.69, 9.17) is 0 Å². The molecule has 0 bridgehead atoms. The topological polar surface area (TPSA) is 67.3 Å². The molecule has 0 fully saturated rings. The van der Waals surface area contributed by atoms with E-state index in [1.807, 2.05) is 37.6 Å². The van der Waals surface area contributed by atoms with Crippen molar-refractivity contribution in [1.29, 1.82) is 0 Å². The zero-order valence-corrected chi connectivity index (χ0v) is 14.1. The van der Waals surface area contributed by atoms with Crippen molar-refractivity contribution in [2.45, 2.75) is 6.92 Å². The van der Waals surface area contributed by atoms with E-state index >= 15 is 0 Å². The standard InChI is InChI=1S/C21H15N5/c1-13-16(3-2-6-22-13)15-9-17-18(12-26-21(17)25-11-15)14-4-5-19-20(10-14)24-8-7-23-19/h2-12H,1H3,(H,25,26). The zero-order valence-electron chi connectivity index (χ0n) is 14.1. The van der Waals surface area contributed by atoms with E-state index in [0.29, 0.717) is 0 Å². The number of hydrogen-bond acceptors (Lipinski definition) is 4. The van der Waals surface area contributed by atoms with Gasteiger partial charge in [0.05, 0.1) is 11.0 Å². The van der Waals surface area contributed by atoms with Crippen molar-refractivity contribution in [1.82, 2.24) is 24.9 Å². The second-order valence-electron chi connectivity index (χ2n) is 6.22. The Morgan fingerprint density at radius 2 is 1.65 bits per heavy atom. The predicted molar refractivity (Wildman–Crippen MR) is 103 cm³/mol. The number of pyridine rings is 2. The summed E-state index contributed by atoms with van der Waals surface area (Å²) < 4.78 is 0. The molecule has 124 valence electrons. The van der Waals surface area contributed by atoms with Gasteiger partial charge < -0.3 is 4.98 Å². The van der Waals surface area contributed by atoms with Crippen molar-refractivity contribution >= 4 is 22.1 Å². The van der Waals surface area contributed by atoms with Crippen LogP contribution in [0.5, 0.6) is 0 Å². The van der Waals surface area contributed by atoms with Crippen molar-refractivity contribution in [2.24, 2.45) is 0 Å². The van der Waals surface area contributed by atoms with Gasteiger partial charge in [-0.25, -0.2) is 4.98 Å². The lowest BCUT2D eigenvalue weighted by molar-refractivity contribution is 1.20. The molecule has 0 radical (unpaired) electrons. The summed E-state index contributed by atoms with van der Waals surface area (Å²) >= 11 is 0. The van der Waals surface area contributed by atoms with Gasteiger partial charge in [-0.05, 0) is 36.8 Å². The minimum Gasteiger partial charge on any atom is -0.346 e. The Hall–Kier alpha value is -3.60. The molecule has 1 aromatic carbocycles. The molecule has 0 atom stereocenters. The minimum absolute atomic E-state index is 0.865. The van der Waals surface area contributed by atoms with Crippen molar-refractivity contribution in [3.05, 3.63) is 73.1 Å². The molecule has 0 unspecified atom stereocenters. The number of nitrogens with zero attached hydrogens (tertiary/aromatic N) is 4. The van der Waals surface area contributed by atoms with Gasteiger partial charge in [0, 0.05) is 58.8 Å². The Morgan fingerprint density at radius 1 is 0.769 bits per heavy atom. The lowest BCUT2D eigenvalue weighted by atomic mass is 10.0. The first kappa shape index (κ1) is 14.7. The van der Waals surface area contributed by atoms with E-state index in [1.165, 1.54) is 0 Å². The normalized spacial score (nSPS) is 11.3. The Balaban J connectivity index is 1.70. The zero-order chi connectivity index (χ0) is 17.5. The SMILES string of the molecule is Cc1ncccc1-c1cnc2[nH]cc(-c3ccc4nccnc4c3)c2c1. The van der Waals surface area contributed by atoms with Crippen LogP contribution in [0.4, 0.5) is 0 Å². The summed E-state index contributed by atoms with van der Waals surface area (Å²) in [6.07, 6.45) is 9.11. The fourth-order valence-corrected chi connectivity index (χ4v) is 3.31. The third-order valence-corrected chi connectivity index (χ3v) is 4.63. The molecular weight excluding hydrogens is 322 g/mol. The van der Waals surface area contributed by atoms with Crippen LogP contribution in [-0.2, 0) is 0 Å². The molecule has 0 aliphatic rings. The van der Waals surface area contributed by atoms with Gasteiger partial charge in [-0.1, -0.05) is 12.1 Å². The molecule has 0 amide bonds. The predicted octanol–water partition coefficient (Wildman–Crippen LogP) is 4.54. The summed E-state index contributed by atoms with van der Waals surface area (Å²) in [5.41, 5.74) is 7.97. The number of fused-ring (bicyclic) bond motifs is 2. The molecule has 4 heterocycles. The molecule has 4 aromatic heterocycles. The van der Waals surface area contributed by atoms with Gasteiger partial charge >= 0.3 is 0 Å². The van der Waals surface area contributed by atoms with Gasteiger partial charge in [0.1, 0.15) is 5.65 Å². The van der Waals surface area contributed by atoms with Crippen LogP contribution in [0.25, 0.3) is 44.3 Å². The van der Waals surface area contributed by atoms with E-state index in [0.717, 1.165) is 50.0 Å². The fraction of sp³-hybridized carbons (Fsp3) is 0.0476. The third-order valence-electron chi connectivity index (χ3n) is 4.63. The van der Waals surface area contributed by atoms with E-state index < -0.39 is 0 Å². The van der Waals surface area contributed by atoms with Crippen LogP contribution in [0.1, 0.15) is 5.69 Å². The summed E-state index contributed by atoms with van der Waals surface area (Å²) in [6, 6.07) is 12.3. The van der Waals surface area contributed by atoms with Crippen molar-refractivity contribution in [3.63, 3.8) is 0 Å². The average molecular weight is 337 g/mol. The molecule has 0 saturated carbocycles. The van der Waals surface area contributed by atoms with Crippen molar-refractivity contribution in [2.75, 3.05) is 0 Å². The number of rotatable bonds is 2.